The van der Waals surface area contributed by atoms with Crippen LogP contribution in [0.4, 0.5) is 11.6 Å². The number of ether oxygens (including phenoxy) is 1. The zero-order valence-electron chi connectivity index (χ0n) is 13.8. The Morgan fingerprint density at radius 2 is 1.96 bits per heavy atom. The molecule has 0 aliphatic carbocycles. The van der Waals surface area contributed by atoms with Crippen molar-refractivity contribution in [1.82, 2.24) is 9.97 Å². The van der Waals surface area contributed by atoms with Crippen LogP contribution in [-0.2, 0) is 11.3 Å². The van der Waals surface area contributed by atoms with E-state index in [0.717, 1.165) is 50.0 Å². The molecule has 1 fully saturated rings. The van der Waals surface area contributed by atoms with E-state index < -0.39 is 0 Å². The van der Waals surface area contributed by atoms with E-state index in [1.165, 1.54) is 11.1 Å². The molecular weight excluding hydrogens is 288 g/mol. The predicted octanol–water partition coefficient (Wildman–Crippen LogP) is 3.30. The molecule has 1 aromatic heterocycles. The van der Waals surface area contributed by atoms with E-state index in [-0.39, 0.29) is 0 Å². The summed E-state index contributed by atoms with van der Waals surface area (Å²) in [6, 6.07) is 10.4. The van der Waals surface area contributed by atoms with Gasteiger partial charge in [0.1, 0.15) is 17.5 Å². The molecule has 0 bridgehead atoms. The van der Waals surface area contributed by atoms with Gasteiger partial charge in [-0.05, 0) is 32.3 Å². The van der Waals surface area contributed by atoms with Crippen LogP contribution in [0.2, 0.25) is 0 Å². The third-order valence-corrected chi connectivity index (χ3v) is 3.93. The largest absolute Gasteiger partial charge is 0.376 e. The van der Waals surface area contributed by atoms with E-state index >= 15 is 0 Å². The van der Waals surface area contributed by atoms with Gasteiger partial charge >= 0.3 is 0 Å². The number of anilines is 2. The van der Waals surface area contributed by atoms with E-state index in [1.807, 2.05) is 13.0 Å². The number of hydrogen-bond donors (Lipinski definition) is 2. The van der Waals surface area contributed by atoms with Crippen molar-refractivity contribution < 1.29 is 4.74 Å². The topological polar surface area (TPSA) is 59.1 Å². The Kier molecular flexibility index (Phi) is 5.08. The lowest BCUT2D eigenvalue weighted by Gasteiger charge is -2.13. The molecule has 0 spiro atoms. The molecule has 5 nitrogen and oxygen atoms in total. The lowest BCUT2D eigenvalue weighted by Crippen LogP contribution is -2.19. The average Bonchev–Trinajstić information content (AvgIpc) is 3.04. The Hall–Kier alpha value is -2.14. The quantitative estimate of drug-likeness (QED) is 0.857. The highest BCUT2D eigenvalue weighted by atomic mass is 16.5. The molecule has 1 aliphatic rings. The van der Waals surface area contributed by atoms with Crippen LogP contribution < -0.4 is 10.6 Å². The zero-order chi connectivity index (χ0) is 16.1. The Balaban J connectivity index is 1.60. The van der Waals surface area contributed by atoms with Crippen molar-refractivity contribution in [3.05, 3.63) is 47.3 Å². The second-order valence-corrected chi connectivity index (χ2v) is 6.04. The smallest absolute Gasteiger partial charge is 0.132 e. The third kappa shape index (κ3) is 4.66. The summed E-state index contributed by atoms with van der Waals surface area (Å²) < 4.78 is 5.63. The van der Waals surface area contributed by atoms with Gasteiger partial charge in [-0.1, -0.05) is 29.8 Å². The third-order valence-electron chi connectivity index (χ3n) is 3.93. The molecule has 5 heteroatoms. The van der Waals surface area contributed by atoms with Crippen LogP contribution in [0, 0.1) is 13.8 Å². The Morgan fingerprint density at radius 3 is 2.70 bits per heavy atom. The fraction of sp³-hybridized carbons (Fsp3) is 0.444. The van der Waals surface area contributed by atoms with Crippen LogP contribution in [0.25, 0.3) is 0 Å². The summed E-state index contributed by atoms with van der Waals surface area (Å²) >= 11 is 0. The van der Waals surface area contributed by atoms with Gasteiger partial charge in [0, 0.05) is 25.8 Å². The van der Waals surface area contributed by atoms with Crippen molar-refractivity contribution >= 4 is 11.6 Å². The maximum absolute atomic E-state index is 5.63. The van der Waals surface area contributed by atoms with Crippen LogP contribution >= 0.6 is 0 Å². The van der Waals surface area contributed by atoms with Gasteiger partial charge in [0.05, 0.1) is 6.10 Å². The summed E-state index contributed by atoms with van der Waals surface area (Å²) in [7, 11) is 0. The van der Waals surface area contributed by atoms with Gasteiger partial charge < -0.3 is 15.4 Å². The number of nitrogens with zero attached hydrogens (tertiary/aromatic N) is 2. The minimum Gasteiger partial charge on any atom is -0.376 e. The van der Waals surface area contributed by atoms with Gasteiger partial charge in [0.2, 0.25) is 0 Å². The second kappa shape index (κ2) is 7.42. The number of rotatable bonds is 6. The Labute approximate surface area is 137 Å². The standard InChI is InChI=1S/C18H24N4O/c1-13-5-3-6-15(9-13)11-19-17-10-18(22-14(2)21-17)20-12-16-7-4-8-23-16/h3,5-6,9-10,16H,4,7-8,11-12H2,1-2H3,(H2,19,20,21,22). The molecule has 1 aliphatic heterocycles. The molecule has 2 heterocycles. The van der Waals surface area contributed by atoms with Gasteiger partial charge in [0.25, 0.3) is 0 Å². The van der Waals surface area contributed by atoms with E-state index in [4.69, 9.17) is 4.74 Å². The first kappa shape index (κ1) is 15.7. The SMILES string of the molecule is Cc1cccc(CNc2cc(NCC3CCCO3)nc(C)n2)c1. The van der Waals surface area contributed by atoms with Crippen LogP contribution in [0.15, 0.2) is 30.3 Å². The zero-order valence-corrected chi connectivity index (χ0v) is 13.8. The first-order valence-corrected chi connectivity index (χ1v) is 8.19. The molecule has 0 saturated carbocycles. The van der Waals surface area contributed by atoms with Crippen LogP contribution in [-0.4, -0.2) is 29.2 Å². The second-order valence-electron chi connectivity index (χ2n) is 6.04. The molecular formula is C18H24N4O. The maximum Gasteiger partial charge on any atom is 0.132 e. The van der Waals surface area contributed by atoms with Crippen molar-refractivity contribution in [3.8, 4) is 0 Å². The molecule has 1 atom stereocenters. The van der Waals surface area contributed by atoms with Crippen molar-refractivity contribution in [2.45, 2.75) is 39.3 Å². The minimum atomic E-state index is 0.300. The van der Waals surface area contributed by atoms with Gasteiger partial charge in [0.15, 0.2) is 0 Å². The van der Waals surface area contributed by atoms with E-state index in [2.05, 4.69) is 51.8 Å². The molecule has 122 valence electrons. The van der Waals surface area contributed by atoms with Gasteiger partial charge in [-0.2, -0.15) is 0 Å². The van der Waals surface area contributed by atoms with Crippen LogP contribution in [0.5, 0.6) is 0 Å². The summed E-state index contributed by atoms with van der Waals surface area (Å²) in [4.78, 5) is 8.90. The predicted molar refractivity (Wildman–Crippen MR) is 92.7 cm³/mol. The normalized spacial score (nSPS) is 17.2. The number of nitrogens with one attached hydrogen (secondary N) is 2. The molecule has 0 radical (unpaired) electrons. The fourth-order valence-corrected chi connectivity index (χ4v) is 2.79. The van der Waals surface area contributed by atoms with Crippen molar-refractivity contribution in [1.29, 1.82) is 0 Å². The lowest BCUT2D eigenvalue weighted by atomic mass is 10.1. The Morgan fingerprint density at radius 1 is 1.13 bits per heavy atom. The van der Waals surface area contributed by atoms with Gasteiger partial charge in [-0.25, -0.2) is 9.97 Å². The molecule has 1 saturated heterocycles. The van der Waals surface area contributed by atoms with E-state index in [9.17, 15) is 0 Å². The van der Waals surface area contributed by atoms with Gasteiger partial charge in [-0.3, -0.25) is 0 Å². The average molecular weight is 312 g/mol. The fourth-order valence-electron chi connectivity index (χ4n) is 2.79. The summed E-state index contributed by atoms with van der Waals surface area (Å²) in [5, 5.41) is 6.73. The highest BCUT2D eigenvalue weighted by Crippen LogP contribution is 2.16. The monoisotopic (exact) mass is 312 g/mol. The van der Waals surface area contributed by atoms with E-state index in [0.29, 0.717) is 6.10 Å². The first-order valence-electron chi connectivity index (χ1n) is 8.19. The number of aryl methyl sites for hydroxylation is 2. The summed E-state index contributed by atoms with van der Waals surface area (Å²) in [5.74, 6) is 2.45. The molecule has 0 amide bonds. The van der Waals surface area contributed by atoms with Crippen LogP contribution in [0.3, 0.4) is 0 Å². The van der Waals surface area contributed by atoms with Crippen LogP contribution in [0.1, 0.15) is 29.8 Å². The molecule has 23 heavy (non-hydrogen) atoms. The number of aromatic nitrogens is 2. The van der Waals surface area contributed by atoms with Crippen molar-refractivity contribution in [2.75, 3.05) is 23.8 Å². The Bertz CT molecular complexity index is 653. The molecule has 2 N–H and O–H groups in total. The maximum atomic E-state index is 5.63. The molecule has 2 aromatic rings. The molecule has 1 unspecified atom stereocenters. The lowest BCUT2D eigenvalue weighted by molar-refractivity contribution is 0.120. The number of hydrogen-bond acceptors (Lipinski definition) is 5. The summed E-state index contributed by atoms with van der Waals surface area (Å²) in [6.07, 6.45) is 2.57. The minimum absolute atomic E-state index is 0.300. The molecule has 1 aromatic carbocycles. The van der Waals surface area contributed by atoms with Crippen molar-refractivity contribution in [3.63, 3.8) is 0 Å². The van der Waals surface area contributed by atoms with Crippen molar-refractivity contribution in [2.24, 2.45) is 0 Å². The highest BCUT2D eigenvalue weighted by molar-refractivity contribution is 5.48. The highest BCUT2D eigenvalue weighted by Gasteiger charge is 2.15. The first-order chi connectivity index (χ1) is 11.2. The summed E-state index contributed by atoms with van der Waals surface area (Å²) in [6.45, 7) is 6.44. The van der Waals surface area contributed by atoms with Gasteiger partial charge in [-0.15, -0.1) is 0 Å². The number of benzene rings is 1. The summed E-state index contributed by atoms with van der Waals surface area (Å²) in [5.41, 5.74) is 2.51. The van der Waals surface area contributed by atoms with E-state index in [1.54, 1.807) is 0 Å². The molecule has 3 rings (SSSR count).